The quantitative estimate of drug-likeness (QED) is 0.0383. The lowest BCUT2D eigenvalue weighted by atomic mass is 9.94. The molecule has 0 saturated carbocycles. The van der Waals surface area contributed by atoms with Crippen molar-refractivity contribution in [1.29, 1.82) is 0 Å². The Hall–Kier alpha value is -1.40. The van der Waals surface area contributed by atoms with E-state index in [0.717, 1.165) is 96.7 Å². The number of aliphatic hydroxyl groups excluding tert-OH is 1. The predicted octanol–water partition coefficient (Wildman–Crippen LogP) is 13.1. The maximum Gasteiger partial charge on any atom is 0.308 e. The molecule has 0 aromatic carbocycles. The summed E-state index contributed by atoms with van der Waals surface area (Å²) in [5.41, 5.74) is 1.40. The molecule has 0 atom stereocenters. The van der Waals surface area contributed by atoms with E-state index in [4.69, 9.17) is 9.47 Å². The average molecular weight is 736 g/mol. The monoisotopic (exact) mass is 736 g/mol. The molecule has 1 N–H and O–H groups in total. The van der Waals surface area contributed by atoms with Crippen molar-refractivity contribution in [3.8, 4) is 0 Å². The summed E-state index contributed by atoms with van der Waals surface area (Å²) in [4.78, 5) is 27.4. The Morgan fingerprint density at radius 3 is 1.50 bits per heavy atom. The van der Waals surface area contributed by atoms with Crippen LogP contribution in [0.25, 0.3) is 0 Å². The van der Waals surface area contributed by atoms with Gasteiger partial charge in [0.1, 0.15) is 0 Å². The molecule has 6 nitrogen and oxygen atoms in total. The normalized spacial score (nSPS) is 11.4. The molecule has 0 aromatic rings. The van der Waals surface area contributed by atoms with Crippen molar-refractivity contribution in [3.63, 3.8) is 0 Å². The number of allylic oxidation sites excluding steroid dienone is 2. The van der Waals surface area contributed by atoms with Gasteiger partial charge in [-0.05, 0) is 84.7 Å². The highest BCUT2D eigenvalue weighted by atomic mass is 16.5. The fraction of sp³-hybridized carbons (Fsp3) is 0.913. The van der Waals surface area contributed by atoms with Gasteiger partial charge in [-0.1, -0.05) is 160 Å². The summed E-state index contributed by atoms with van der Waals surface area (Å²) < 4.78 is 11.2. The van der Waals surface area contributed by atoms with Crippen molar-refractivity contribution in [2.75, 3.05) is 39.5 Å². The van der Waals surface area contributed by atoms with Gasteiger partial charge in [-0.25, -0.2) is 0 Å². The van der Waals surface area contributed by atoms with Gasteiger partial charge in [-0.15, -0.1) is 0 Å². The van der Waals surface area contributed by atoms with E-state index >= 15 is 0 Å². The lowest BCUT2D eigenvalue weighted by Crippen LogP contribution is -2.29. The van der Waals surface area contributed by atoms with Crippen molar-refractivity contribution in [2.24, 2.45) is 5.92 Å². The Kier molecular flexibility index (Phi) is 39.7. The highest BCUT2D eigenvalue weighted by Crippen LogP contribution is 2.21. The number of carbonyl (C=O) groups excluding carboxylic acids is 2. The Labute approximate surface area is 324 Å². The summed E-state index contributed by atoms with van der Waals surface area (Å²) in [5.74, 6) is 0.120. The minimum absolute atomic E-state index is 0.0334. The van der Waals surface area contributed by atoms with Crippen LogP contribution in [-0.4, -0.2) is 61.4 Å². The van der Waals surface area contributed by atoms with Crippen LogP contribution in [0.1, 0.15) is 227 Å². The van der Waals surface area contributed by atoms with E-state index in [2.05, 4.69) is 38.7 Å². The molecule has 0 rings (SSSR count). The molecule has 52 heavy (non-hydrogen) atoms. The van der Waals surface area contributed by atoms with Crippen LogP contribution in [0.5, 0.6) is 0 Å². The zero-order valence-corrected chi connectivity index (χ0v) is 35.3. The van der Waals surface area contributed by atoms with Gasteiger partial charge in [0, 0.05) is 13.0 Å². The fourth-order valence-corrected chi connectivity index (χ4v) is 7.02. The van der Waals surface area contributed by atoms with Crippen LogP contribution in [0.3, 0.4) is 0 Å². The summed E-state index contributed by atoms with van der Waals surface area (Å²) in [6.07, 6.45) is 38.2. The van der Waals surface area contributed by atoms with E-state index < -0.39 is 0 Å². The van der Waals surface area contributed by atoms with Gasteiger partial charge in [-0.3, -0.25) is 9.59 Å². The van der Waals surface area contributed by atoms with E-state index in [9.17, 15) is 14.7 Å². The smallest absolute Gasteiger partial charge is 0.308 e. The molecule has 0 heterocycles. The third-order valence-electron chi connectivity index (χ3n) is 10.4. The molecule has 6 heteroatoms. The number of esters is 2. The first-order chi connectivity index (χ1) is 25.4. The third kappa shape index (κ3) is 36.9. The third-order valence-corrected chi connectivity index (χ3v) is 10.4. The zero-order chi connectivity index (χ0) is 38.2. The lowest BCUT2D eigenvalue weighted by molar-refractivity contribution is -0.149. The van der Waals surface area contributed by atoms with Gasteiger partial charge in [0.2, 0.25) is 0 Å². The number of rotatable bonds is 41. The van der Waals surface area contributed by atoms with Crippen LogP contribution in [0.4, 0.5) is 0 Å². The van der Waals surface area contributed by atoms with Crippen molar-refractivity contribution in [3.05, 3.63) is 11.6 Å². The highest BCUT2D eigenvalue weighted by Gasteiger charge is 2.19. The Bertz CT molecular complexity index is 780. The van der Waals surface area contributed by atoms with Gasteiger partial charge < -0.3 is 19.5 Å². The molecule has 0 unspecified atom stereocenters. The Balaban J connectivity index is 3.91. The van der Waals surface area contributed by atoms with Gasteiger partial charge in [0.25, 0.3) is 0 Å². The van der Waals surface area contributed by atoms with Gasteiger partial charge >= 0.3 is 11.9 Å². The lowest BCUT2D eigenvalue weighted by Gasteiger charge is -2.21. The number of ether oxygens (including phenoxy) is 2. The molecule has 0 aliphatic heterocycles. The van der Waals surface area contributed by atoms with Gasteiger partial charge in [0.15, 0.2) is 0 Å². The molecule has 0 radical (unpaired) electrons. The van der Waals surface area contributed by atoms with Crippen LogP contribution in [0.15, 0.2) is 11.6 Å². The van der Waals surface area contributed by atoms with Gasteiger partial charge in [0.05, 0.1) is 25.7 Å². The first kappa shape index (κ1) is 50.6. The summed E-state index contributed by atoms with van der Waals surface area (Å²) >= 11 is 0. The second-order valence-electron chi connectivity index (χ2n) is 15.9. The molecule has 0 bridgehead atoms. The SMILES string of the molecule is CCCCCCCCC(CCCCCCCC)C(=O)OCCCCCCCN(CCO)CCCCCCCOC(=O)CCCCCCCC=C(C)C. The van der Waals surface area contributed by atoms with E-state index in [1.165, 1.54) is 121 Å². The largest absolute Gasteiger partial charge is 0.466 e. The Morgan fingerprint density at radius 1 is 0.538 bits per heavy atom. The molecule has 0 spiro atoms. The maximum atomic E-state index is 13.0. The molecule has 0 aromatic heterocycles. The predicted molar refractivity (Wildman–Crippen MR) is 223 cm³/mol. The molecule has 0 aliphatic carbocycles. The summed E-state index contributed by atoms with van der Waals surface area (Å²) in [6.45, 7) is 13.0. The number of carbonyl (C=O) groups is 2. The number of hydrogen-bond acceptors (Lipinski definition) is 6. The van der Waals surface area contributed by atoms with Crippen molar-refractivity contribution in [1.82, 2.24) is 4.90 Å². The van der Waals surface area contributed by atoms with Gasteiger partial charge in [-0.2, -0.15) is 0 Å². The van der Waals surface area contributed by atoms with E-state index in [1.807, 2.05) is 0 Å². The number of nitrogens with zero attached hydrogens (tertiary/aromatic N) is 1. The number of aliphatic hydroxyl groups is 1. The number of hydrogen-bond donors (Lipinski definition) is 1. The highest BCUT2D eigenvalue weighted by molar-refractivity contribution is 5.72. The standard InChI is InChI=1S/C46H89NO5/c1-5-7-9-11-18-26-34-44(35-27-19-12-10-8-6-2)46(50)52-42-32-24-16-22-30-38-47(39-40-48)37-29-21-15-23-31-41-51-45(49)36-28-20-14-13-17-25-33-43(3)4/h33,44,48H,5-32,34-42H2,1-4H3. The van der Waals surface area contributed by atoms with Crippen molar-refractivity contribution >= 4 is 11.9 Å². The van der Waals surface area contributed by atoms with Crippen LogP contribution in [0, 0.1) is 5.92 Å². The first-order valence-electron chi connectivity index (χ1n) is 22.7. The summed E-state index contributed by atoms with van der Waals surface area (Å²) in [7, 11) is 0. The number of unbranched alkanes of at least 4 members (excludes halogenated alkanes) is 23. The summed E-state index contributed by atoms with van der Waals surface area (Å²) in [5, 5.41) is 9.55. The van der Waals surface area contributed by atoms with E-state index in [1.54, 1.807) is 0 Å². The Morgan fingerprint density at radius 2 is 0.981 bits per heavy atom. The fourth-order valence-electron chi connectivity index (χ4n) is 7.02. The molecule has 308 valence electrons. The zero-order valence-electron chi connectivity index (χ0n) is 35.3. The van der Waals surface area contributed by atoms with Crippen LogP contribution >= 0.6 is 0 Å². The van der Waals surface area contributed by atoms with E-state index in [0.29, 0.717) is 19.6 Å². The molecule has 0 aliphatic rings. The molecule has 0 saturated heterocycles. The molecular weight excluding hydrogens is 647 g/mol. The van der Waals surface area contributed by atoms with Crippen molar-refractivity contribution < 1.29 is 24.2 Å². The minimum Gasteiger partial charge on any atom is -0.466 e. The maximum absolute atomic E-state index is 13.0. The van der Waals surface area contributed by atoms with E-state index in [-0.39, 0.29) is 24.5 Å². The average Bonchev–Trinajstić information content (AvgIpc) is 3.13. The molecule has 0 amide bonds. The minimum atomic E-state index is -0.0334. The van der Waals surface area contributed by atoms with Crippen molar-refractivity contribution in [2.45, 2.75) is 227 Å². The summed E-state index contributed by atoms with van der Waals surface area (Å²) in [6, 6.07) is 0. The topological polar surface area (TPSA) is 76.1 Å². The second kappa shape index (κ2) is 40.8. The second-order valence-corrected chi connectivity index (χ2v) is 15.9. The molecular formula is C46H89NO5. The van der Waals surface area contributed by atoms with Crippen LogP contribution in [-0.2, 0) is 19.1 Å². The first-order valence-corrected chi connectivity index (χ1v) is 22.7. The van der Waals surface area contributed by atoms with Crippen LogP contribution in [0.2, 0.25) is 0 Å². The van der Waals surface area contributed by atoms with Crippen LogP contribution < -0.4 is 0 Å². The molecule has 0 fully saturated rings.